The van der Waals surface area contributed by atoms with Gasteiger partial charge in [0.1, 0.15) is 22.3 Å². The van der Waals surface area contributed by atoms with Crippen LogP contribution in [0.4, 0.5) is 0 Å². The Hall–Kier alpha value is -5.78. The lowest BCUT2D eigenvalue weighted by Gasteiger charge is -2.11. The van der Waals surface area contributed by atoms with E-state index in [1.165, 1.54) is 0 Å². The van der Waals surface area contributed by atoms with Crippen LogP contribution in [-0.4, -0.2) is 15.0 Å². The molecule has 0 radical (unpaired) electrons. The Morgan fingerprint density at radius 3 is 1.91 bits per heavy atom. The lowest BCUT2D eigenvalue weighted by molar-refractivity contribution is 0.669. The second kappa shape index (κ2) is 10.2. The van der Waals surface area contributed by atoms with Crippen LogP contribution in [0.5, 0.6) is 0 Å². The lowest BCUT2D eigenvalue weighted by Crippen LogP contribution is -2.00. The fourth-order valence-electron chi connectivity index (χ4n) is 6.15. The smallest absolute Gasteiger partial charge is 0.167 e. The number of fused-ring (bicyclic) bond motifs is 6. The monoisotopic (exact) mass is 599 g/mol. The van der Waals surface area contributed by atoms with Gasteiger partial charge in [0, 0.05) is 43.3 Å². The van der Waals surface area contributed by atoms with E-state index in [0.29, 0.717) is 22.5 Å². The van der Waals surface area contributed by atoms with Crippen molar-refractivity contribution in [3.8, 4) is 45.3 Å². The summed E-state index contributed by atoms with van der Waals surface area (Å²) in [5.41, 5.74) is 7.56. The summed E-state index contributed by atoms with van der Waals surface area (Å²) in [6.45, 7) is 0. The third-order valence-electron chi connectivity index (χ3n) is 8.21. The average Bonchev–Trinajstić information content (AvgIpc) is 3.67. The molecule has 0 amide bonds. The van der Waals surface area contributed by atoms with Gasteiger partial charge < -0.3 is 8.83 Å². The molecular formula is C39H22ClN3O2. The third kappa shape index (κ3) is 4.20. The Morgan fingerprint density at radius 1 is 0.444 bits per heavy atom. The van der Waals surface area contributed by atoms with Crippen molar-refractivity contribution in [1.29, 1.82) is 0 Å². The number of benzene rings is 6. The van der Waals surface area contributed by atoms with Gasteiger partial charge >= 0.3 is 0 Å². The lowest BCUT2D eigenvalue weighted by atomic mass is 9.97. The Kier molecular flexibility index (Phi) is 5.80. The standard InChI is InChI=1S/C39H22ClN3O2/c40-30-20-21-33-35(28-15-5-7-19-32(28)44-33)34(30)24-12-8-13-25(22-24)38-41-37(23-10-2-1-3-11-23)42-39(43-38)29-17-9-16-27-26-14-4-6-18-31(26)45-36(27)29/h1-22H. The van der Waals surface area contributed by atoms with E-state index in [2.05, 4.69) is 30.3 Å². The zero-order chi connectivity index (χ0) is 29.9. The first-order valence-electron chi connectivity index (χ1n) is 14.6. The number of hydrogen-bond acceptors (Lipinski definition) is 5. The molecule has 0 spiro atoms. The van der Waals surface area contributed by atoms with Crippen LogP contribution in [-0.2, 0) is 0 Å². The van der Waals surface area contributed by atoms with Crippen molar-refractivity contribution in [2.24, 2.45) is 0 Å². The molecule has 0 saturated carbocycles. The van der Waals surface area contributed by atoms with Gasteiger partial charge in [0.05, 0.1) is 5.56 Å². The largest absolute Gasteiger partial charge is 0.456 e. The van der Waals surface area contributed by atoms with E-state index >= 15 is 0 Å². The summed E-state index contributed by atoms with van der Waals surface area (Å²) >= 11 is 6.90. The summed E-state index contributed by atoms with van der Waals surface area (Å²) < 4.78 is 12.5. The predicted molar refractivity (Wildman–Crippen MR) is 181 cm³/mol. The molecule has 0 fully saturated rings. The van der Waals surface area contributed by atoms with Gasteiger partial charge in [-0.1, -0.05) is 109 Å². The summed E-state index contributed by atoms with van der Waals surface area (Å²) in [5.74, 6) is 1.67. The molecule has 9 aromatic rings. The Labute approximate surface area is 262 Å². The van der Waals surface area contributed by atoms with Crippen LogP contribution < -0.4 is 0 Å². The van der Waals surface area contributed by atoms with Gasteiger partial charge in [-0.3, -0.25) is 0 Å². The number of para-hydroxylation sites is 3. The van der Waals surface area contributed by atoms with Gasteiger partial charge in [0.15, 0.2) is 17.5 Å². The third-order valence-corrected chi connectivity index (χ3v) is 8.53. The van der Waals surface area contributed by atoms with E-state index in [9.17, 15) is 0 Å². The second-order valence-corrected chi connectivity index (χ2v) is 11.3. The molecule has 0 bridgehead atoms. The zero-order valence-corrected chi connectivity index (χ0v) is 24.5. The van der Waals surface area contributed by atoms with Crippen molar-refractivity contribution in [1.82, 2.24) is 15.0 Å². The minimum atomic E-state index is 0.537. The fourth-order valence-corrected chi connectivity index (χ4v) is 6.42. The highest BCUT2D eigenvalue weighted by Gasteiger charge is 2.19. The number of halogens is 1. The predicted octanol–water partition coefficient (Wildman–Crippen LogP) is 11.0. The average molecular weight is 600 g/mol. The topological polar surface area (TPSA) is 65.0 Å². The van der Waals surface area contributed by atoms with Crippen LogP contribution in [0.3, 0.4) is 0 Å². The normalized spacial score (nSPS) is 11.7. The number of nitrogens with zero attached hydrogens (tertiary/aromatic N) is 3. The molecule has 3 aromatic heterocycles. The molecule has 0 aliphatic rings. The van der Waals surface area contributed by atoms with Gasteiger partial charge in [0.2, 0.25) is 0 Å². The molecule has 3 heterocycles. The van der Waals surface area contributed by atoms with E-state index in [4.69, 9.17) is 35.4 Å². The maximum Gasteiger partial charge on any atom is 0.167 e. The molecule has 212 valence electrons. The molecule has 0 atom stereocenters. The minimum absolute atomic E-state index is 0.537. The molecule has 0 aliphatic carbocycles. The fraction of sp³-hybridized carbons (Fsp3) is 0. The number of furan rings is 2. The van der Waals surface area contributed by atoms with Gasteiger partial charge in [-0.2, -0.15) is 0 Å². The Morgan fingerprint density at radius 2 is 1.07 bits per heavy atom. The first kappa shape index (κ1) is 25.7. The maximum atomic E-state index is 6.90. The van der Waals surface area contributed by atoms with Crippen molar-refractivity contribution in [2.75, 3.05) is 0 Å². The molecule has 0 unspecified atom stereocenters. The van der Waals surface area contributed by atoms with E-state index in [0.717, 1.165) is 71.7 Å². The minimum Gasteiger partial charge on any atom is -0.456 e. The number of rotatable bonds is 4. The van der Waals surface area contributed by atoms with E-state index in [-0.39, 0.29) is 0 Å². The van der Waals surface area contributed by atoms with Gasteiger partial charge in [-0.15, -0.1) is 0 Å². The van der Waals surface area contributed by atoms with Crippen molar-refractivity contribution >= 4 is 55.5 Å². The van der Waals surface area contributed by atoms with Crippen LogP contribution in [0.15, 0.2) is 142 Å². The molecule has 0 saturated heterocycles. The molecule has 45 heavy (non-hydrogen) atoms. The first-order valence-corrected chi connectivity index (χ1v) is 15.0. The molecule has 9 rings (SSSR count). The quantitative estimate of drug-likeness (QED) is 0.201. The Balaban J connectivity index is 1.27. The van der Waals surface area contributed by atoms with E-state index in [1.807, 2.05) is 103 Å². The number of aromatic nitrogens is 3. The number of hydrogen-bond donors (Lipinski definition) is 0. The van der Waals surface area contributed by atoms with Crippen LogP contribution in [0.25, 0.3) is 89.2 Å². The maximum absolute atomic E-state index is 6.90. The molecule has 5 nitrogen and oxygen atoms in total. The molecule has 0 N–H and O–H groups in total. The van der Waals surface area contributed by atoms with Crippen LogP contribution in [0.2, 0.25) is 5.02 Å². The Bertz CT molecular complexity index is 2570. The summed E-state index contributed by atoms with van der Waals surface area (Å²) in [6, 6.07) is 44.1. The van der Waals surface area contributed by atoms with Crippen molar-refractivity contribution in [3.63, 3.8) is 0 Å². The molecule has 0 aliphatic heterocycles. The SMILES string of the molecule is Clc1ccc2oc3ccccc3c2c1-c1cccc(-c2nc(-c3ccccc3)nc(-c3cccc4c3oc3ccccc34)n2)c1. The van der Waals surface area contributed by atoms with Gasteiger partial charge in [-0.05, 0) is 42.0 Å². The van der Waals surface area contributed by atoms with Gasteiger partial charge in [-0.25, -0.2) is 15.0 Å². The molecule has 6 heteroatoms. The van der Waals surface area contributed by atoms with Crippen molar-refractivity contribution in [2.45, 2.75) is 0 Å². The highest BCUT2D eigenvalue weighted by molar-refractivity contribution is 6.36. The van der Waals surface area contributed by atoms with Crippen LogP contribution >= 0.6 is 11.6 Å². The van der Waals surface area contributed by atoms with Crippen LogP contribution in [0.1, 0.15) is 0 Å². The first-order chi connectivity index (χ1) is 22.2. The molecule has 6 aromatic carbocycles. The van der Waals surface area contributed by atoms with Crippen molar-refractivity contribution in [3.05, 3.63) is 138 Å². The summed E-state index contributed by atoms with van der Waals surface area (Å²) in [4.78, 5) is 15.0. The second-order valence-electron chi connectivity index (χ2n) is 10.9. The van der Waals surface area contributed by atoms with Crippen LogP contribution in [0, 0.1) is 0 Å². The highest BCUT2D eigenvalue weighted by atomic mass is 35.5. The van der Waals surface area contributed by atoms with E-state index in [1.54, 1.807) is 0 Å². The summed E-state index contributed by atoms with van der Waals surface area (Å²) in [5, 5.41) is 4.71. The zero-order valence-electron chi connectivity index (χ0n) is 23.7. The molecular weight excluding hydrogens is 578 g/mol. The summed E-state index contributed by atoms with van der Waals surface area (Å²) in [7, 11) is 0. The van der Waals surface area contributed by atoms with Gasteiger partial charge in [0.25, 0.3) is 0 Å². The highest BCUT2D eigenvalue weighted by Crippen LogP contribution is 2.42. The van der Waals surface area contributed by atoms with E-state index < -0.39 is 0 Å². The van der Waals surface area contributed by atoms with Crippen molar-refractivity contribution < 1.29 is 8.83 Å². The summed E-state index contributed by atoms with van der Waals surface area (Å²) in [6.07, 6.45) is 0.